The zero-order valence-corrected chi connectivity index (χ0v) is 10.2. The fraction of sp³-hybridized carbons (Fsp3) is 0.769. The Kier molecular flexibility index (Phi) is 3.16. The molecule has 0 N–H and O–H groups in total. The first-order valence-electron chi connectivity index (χ1n) is 6.63. The summed E-state index contributed by atoms with van der Waals surface area (Å²) in [5.41, 5.74) is -0.0198. The van der Waals surface area contributed by atoms with Crippen LogP contribution in [0, 0.1) is 0 Å². The lowest BCUT2D eigenvalue weighted by Crippen LogP contribution is -2.47. The topological polar surface area (TPSA) is 36.3 Å². The Balaban J connectivity index is 1.61. The maximum atomic E-state index is 6.21. The van der Waals surface area contributed by atoms with Gasteiger partial charge in [-0.25, -0.2) is 0 Å². The van der Waals surface area contributed by atoms with Crippen LogP contribution in [0.4, 0.5) is 0 Å². The van der Waals surface area contributed by atoms with E-state index in [1.165, 1.54) is 19.3 Å². The molecule has 1 unspecified atom stereocenters. The van der Waals surface area contributed by atoms with E-state index in [0.29, 0.717) is 0 Å². The second-order valence-corrected chi connectivity index (χ2v) is 5.15. The van der Waals surface area contributed by atoms with Crippen molar-refractivity contribution < 1.29 is 9.47 Å². The van der Waals surface area contributed by atoms with Crippen LogP contribution in [0.25, 0.3) is 0 Å². The third kappa shape index (κ3) is 2.53. The Hall–Kier alpha value is -0.870. The molecule has 3 rings (SSSR count). The zero-order valence-electron chi connectivity index (χ0n) is 10.2. The summed E-state index contributed by atoms with van der Waals surface area (Å²) < 4.78 is 13.9. The summed E-state index contributed by atoms with van der Waals surface area (Å²) in [5, 5.41) is 4.27. The van der Waals surface area contributed by atoms with Crippen molar-refractivity contribution in [1.82, 2.24) is 9.78 Å². The van der Waals surface area contributed by atoms with Gasteiger partial charge >= 0.3 is 0 Å². The first kappa shape index (κ1) is 11.2. The molecule has 2 fully saturated rings. The highest BCUT2D eigenvalue weighted by Crippen LogP contribution is 2.39. The summed E-state index contributed by atoms with van der Waals surface area (Å²) in [4.78, 5) is 0. The van der Waals surface area contributed by atoms with Crippen LogP contribution in [0.3, 0.4) is 0 Å². The van der Waals surface area contributed by atoms with E-state index in [0.717, 1.165) is 32.4 Å². The van der Waals surface area contributed by atoms with Crippen LogP contribution in [-0.4, -0.2) is 28.3 Å². The van der Waals surface area contributed by atoms with E-state index < -0.39 is 0 Å². The van der Waals surface area contributed by atoms with Gasteiger partial charge in [0.2, 0.25) is 0 Å². The molecule has 0 bridgehead atoms. The van der Waals surface area contributed by atoms with E-state index in [2.05, 4.69) is 5.10 Å². The molecule has 0 amide bonds. The Morgan fingerprint density at radius 1 is 1.35 bits per heavy atom. The lowest BCUT2D eigenvalue weighted by Gasteiger charge is -2.44. The van der Waals surface area contributed by atoms with Gasteiger partial charge in [-0.2, -0.15) is 5.10 Å². The number of rotatable bonds is 4. The summed E-state index contributed by atoms with van der Waals surface area (Å²) in [5.74, 6) is 0. The van der Waals surface area contributed by atoms with Crippen LogP contribution < -0.4 is 0 Å². The Morgan fingerprint density at radius 2 is 2.29 bits per heavy atom. The van der Waals surface area contributed by atoms with Crippen molar-refractivity contribution in [3.8, 4) is 0 Å². The monoisotopic (exact) mass is 236 g/mol. The summed E-state index contributed by atoms with van der Waals surface area (Å²) in [7, 11) is 0. The molecule has 1 saturated carbocycles. The lowest BCUT2D eigenvalue weighted by molar-refractivity contribution is -0.251. The Morgan fingerprint density at radius 3 is 2.88 bits per heavy atom. The first-order valence-corrected chi connectivity index (χ1v) is 6.63. The summed E-state index contributed by atoms with van der Waals surface area (Å²) >= 11 is 0. The molecule has 0 spiro atoms. The molecule has 1 aromatic rings. The largest absolute Gasteiger partial charge is 0.353 e. The molecule has 1 atom stereocenters. The van der Waals surface area contributed by atoms with E-state index >= 15 is 0 Å². The molecule has 0 aromatic carbocycles. The highest BCUT2D eigenvalue weighted by molar-refractivity contribution is 4.92. The standard InChI is InChI=1S/C13H20N2O2/c1-2-10-16-12(5-1)17-13(6-3-7-13)11-15-9-4-8-14-15/h4,8-9,12H,1-3,5-7,10-11H2. The second kappa shape index (κ2) is 4.78. The number of nitrogens with zero attached hydrogens (tertiary/aromatic N) is 2. The molecule has 94 valence electrons. The van der Waals surface area contributed by atoms with E-state index in [-0.39, 0.29) is 11.9 Å². The molecule has 1 saturated heterocycles. The van der Waals surface area contributed by atoms with Gasteiger partial charge in [0, 0.05) is 19.0 Å². The van der Waals surface area contributed by atoms with Gasteiger partial charge < -0.3 is 9.47 Å². The second-order valence-electron chi connectivity index (χ2n) is 5.15. The van der Waals surface area contributed by atoms with Crippen LogP contribution in [-0.2, 0) is 16.0 Å². The predicted octanol–water partition coefficient (Wildman–Crippen LogP) is 2.35. The highest BCUT2D eigenvalue weighted by Gasteiger charge is 2.41. The molecule has 1 aromatic heterocycles. The number of hydrogen-bond donors (Lipinski definition) is 0. The third-order valence-corrected chi connectivity index (χ3v) is 3.79. The maximum absolute atomic E-state index is 6.21. The quantitative estimate of drug-likeness (QED) is 0.805. The van der Waals surface area contributed by atoms with Crippen LogP contribution >= 0.6 is 0 Å². The average molecular weight is 236 g/mol. The van der Waals surface area contributed by atoms with E-state index in [1.807, 2.05) is 23.1 Å². The normalized spacial score (nSPS) is 27.6. The fourth-order valence-corrected chi connectivity index (χ4v) is 2.66. The van der Waals surface area contributed by atoms with Gasteiger partial charge in [-0.1, -0.05) is 0 Å². The molecule has 1 aliphatic heterocycles. The van der Waals surface area contributed by atoms with Crippen LogP contribution in [0.2, 0.25) is 0 Å². The van der Waals surface area contributed by atoms with E-state index in [4.69, 9.17) is 9.47 Å². The van der Waals surface area contributed by atoms with E-state index in [1.54, 1.807) is 0 Å². The van der Waals surface area contributed by atoms with Crippen molar-refractivity contribution >= 4 is 0 Å². The van der Waals surface area contributed by atoms with Gasteiger partial charge in [0.25, 0.3) is 0 Å². The summed E-state index contributed by atoms with van der Waals surface area (Å²) in [6.45, 7) is 1.71. The third-order valence-electron chi connectivity index (χ3n) is 3.79. The number of ether oxygens (including phenoxy) is 2. The summed E-state index contributed by atoms with van der Waals surface area (Å²) in [6.07, 6.45) is 10.8. The van der Waals surface area contributed by atoms with Crippen LogP contribution in [0.5, 0.6) is 0 Å². The number of aromatic nitrogens is 2. The molecule has 4 heteroatoms. The van der Waals surface area contributed by atoms with Gasteiger partial charge in [-0.3, -0.25) is 4.68 Å². The molecule has 0 radical (unpaired) electrons. The lowest BCUT2D eigenvalue weighted by atomic mass is 9.80. The first-order chi connectivity index (χ1) is 8.36. The van der Waals surface area contributed by atoms with Crippen molar-refractivity contribution in [3.05, 3.63) is 18.5 Å². The molecular formula is C13H20N2O2. The number of hydrogen-bond acceptors (Lipinski definition) is 3. The van der Waals surface area contributed by atoms with Crippen molar-refractivity contribution in [3.63, 3.8) is 0 Å². The average Bonchev–Trinajstić information content (AvgIpc) is 2.80. The predicted molar refractivity (Wildman–Crippen MR) is 63.5 cm³/mol. The van der Waals surface area contributed by atoms with Crippen molar-refractivity contribution in [2.45, 2.75) is 57.0 Å². The van der Waals surface area contributed by atoms with E-state index in [9.17, 15) is 0 Å². The van der Waals surface area contributed by atoms with Gasteiger partial charge in [-0.05, 0) is 44.6 Å². The molecule has 17 heavy (non-hydrogen) atoms. The Bertz CT molecular complexity index is 340. The van der Waals surface area contributed by atoms with Gasteiger partial charge in [-0.15, -0.1) is 0 Å². The minimum absolute atomic E-state index is 0.0135. The molecular weight excluding hydrogens is 216 g/mol. The highest BCUT2D eigenvalue weighted by atomic mass is 16.7. The van der Waals surface area contributed by atoms with Crippen LogP contribution in [0.1, 0.15) is 38.5 Å². The molecule has 4 nitrogen and oxygen atoms in total. The van der Waals surface area contributed by atoms with Gasteiger partial charge in [0.05, 0.1) is 12.1 Å². The summed E-state index contributed by atoms with van der Waals surface area (Å²) in [6, 6.07) is 1.96. The van der Waals surface area contributed by atoms with Crippen molar-refractivity contribution in [2.24, 2.45) is 0 Å². The Labute approximate surface area is 102 Å². The minimum atomic E-state index is -0.0198. The van der Waals surface area contributed by atoms with Crippen molar-refractivity contribution in [1.29, 1.82) is 0 Å². The smallest absolute Gasteiger partial charge is 0.158 e. The molecule has 2 aliphatic rings. The van der Waals surface area contributed by atoms with Gasteiger partial charge in [0.15, 0.2) is 6.29 Å². The zero-order chi connectivity index (χ0) is 11.6. The van der Waals surface area contributed by atoms with Crippen LogP contribution in [0.15, 0.2) is 18.5 Å². The van der Waals surface area contributed by atoms with Crippen molar-refractivity contribution in [2.75, 3.05) is 6.61 Å². The molecule has 2 heterocycles. The minimum Gasteiger partial charge on any atom is -0.353 e. The van der Waals surface area contributed by atoms with Gasteiger partial charge in [0.1, 0.15) is 0 Å². The SMILES string of the molecule is c1cnn(CC2(OC3CCCCO3)CCC2)c1. The maximum Gasteiger partial charge on any atom is 0.158 e. The fourth-order valence-electron chi connectivity index (χ4n) is 2.66. The molecule has 1 aliphatic carbocycles.